The molecule has 0 saturated heterocycles. The molecule has 1 saturated carbocycles. The van der Waals surface area contributed by atoms with Crippen molar-refractivity contribution in [3.8, 4) is 11.5 Å². The van der Waals surface area contributed by atoms with Crippen molar-refractivity contribution in [2.24, 2.45) is 0 Å². The van der Waals surface area contributed by atoms with E-state index in [9.17, 15) is 4.79 Å². The van der Waals surface area contributed by atoms with Gasteiger partial charge in [0.05, 0.1) is 26.3 Å². The van der Waals surface area contributed by atoms with E-state index >= 15 is 0 Å². The molecule has 2 amide bonds. The summed E-state index contributed by atoms with van der Waals surface area (Å²) in [6.45, 7) is 0. The van der Waals surface area contributed by atoms with E-state index in [0.29, 0.717) is 41.1 Å². The van der Waals surface area contributed by atoms with Crippen LogP contribution in [0.1, 0.15) is 36.0 Å². The van der Waals surface area contributed by atoms with Crippen molar-refractivity contribution >= 4 is 17.4 Å². The highest BCUT2D eigenvalue weighted by Gasteiger charge is 2.28. The molecular weight excluding hydrogens is 372 g/mol. The number of methoxy groups -OCH3 is 2. The lowest BCUT2D eigenvalue weighted by atomic mass is 10.1. The van der Waals surface area contributed by atoms with E-state index in [1.807, 2.05) is 24.3 Å². The molecule has 8 heteroatoms. The number of carbonyl (C=O) groups excluding carboxylic acids is 1. The van der Waals surface area contributed by atoms with Crippen LogP contribution in [0.5, 0.6) is 11.5 Å². The Labute approximate surface area is 168 Å². The topological polar surface area (TPSA) is 98.5 Å². The van der Waals surface area contributed by atoms with Gasteiger partial charge in [-0.05, 0) is 36.6 Å². The number of amides is 2. The van der Waals surface area contributed by atoms with Gasteiger partial charge in [-0.25, -0.2) is 4.79 Å². The standard InChI is InChI=1S/C21H22N4O4/c1-27-17-9-5-8-16(19(17)28-2)23-21(26)22-15-7-4-3-6-14(15)12-18-24-20(25-29-18)13-10-11-13/h3-9,13H,10-12H2,1-2H3,(H2,22,23,26). The van der Waals surface area contributed by atoms with Gasteiger partial charge in [0.2, 0.25) is 5.89 Å². The number of para-hydroxylation sites is 2. The third-order valence-corrected chi connectivity index (χ3v) is 4.68. The van der Waals surface area contributed by atoms with E-state index in [4.69, 9.17) is 14.0 Å². The predicted octanol–water partition coefficient (Wildman–Crippen LogP) is 4.20. The van der Waals surface area contributed by atoms with E-state index < -0.39 is 6.03 Å². The maximum atomic E-state index is 12.6. The van der Waals surface area contributed by atoms with Crippen molar-refractivity contribution in [3.63, 3.8) is 0 Å². The van der Waals surface area contributed by atoms with Gasteiger partial charge in [-0.3, -0.25) is 0 Å². The fourth-order valence-corrected chi connectivity index (χ4v) is 3.07. The Balaban J connectivity index is 1.47. The molecule has 1 aliphatic rings. The summed E-state index contributed by atoms with van der Waals surface area (Å²) in [5.74, 6) is 2.74. The van der Waals surface area contributed by atoms with Gasteiger partial charge in [-0.1, -0.05) is 29.4 Å². The molecule has 2 N–H and O–H groups in total. The van der Waals surface area contributed by atoms with E-state index in [0.717, 1.165) is 24.2 Å². The lowest BCUT2D eigenvalue weighted by molar-refractivity contribution is 0.262. The number of anilines is 2. The molecule has 0 spiro atoms. The largest absolute Gasteiger partial charge is 0.493 e. The highest BCUT2D eigenvalue weighted by atomic mass is 16.5. The molecule has 0 atom stereocenters. The molecular formula is C21H22N4O4. The molecule has 1 fully saturated rings. The Bertz CT molecular complexity index is 1010. The van der Waals surface area contributed by atoms with Gasteiger partial charge >= 0.3 is 6.03 Å². The molecule has 3 aromatic rings. The van der Waals surface area contributed by atoms with Crippen LogP contribution < -0.4 is 20.1 Å². The zero-order chi connectivity index (χ0) is 20.2. The predicted molar refractivity (Wildman–Crippen MR) is 108 cm³/mol. The average Bonchev–Trinajstić information content (AvgIpc) is 3.48. The Hall–Kier alpha value is -3.55. The summed E-state index contributed by atoms with van der Waals surface area (Å²) in [4.78, 5) is 17.0. The summed E-state index contributed by atoms with van der Waals surface area (Å²) in [6, 6.07) is 12.4. The van der Waals surface area contributed by atoms with E-state index in [1.165, 1.54) is 7.11 Å². The van der Waals surface area contributed by atoms with Crippen LogP contribution in [0.25, 0.3) is 0 Å². The number of hydrogen-bond acceptors (Lipinski definition) is 6. The van der Waals surface area contributed by atoms with Crippen molar-refractivity contribution in [1.29, 1.82) is 0 Å². The lowest BCUT2D eigenvalue weighted by Crippen LogP contribution is -2.20. The first kappa shape index (κ1) is 18.8. The summed E-state index contributed by atoms with van der Waals surface area (Å²) < 4.78 is 16.0. The van der Waals surface area contributed by atoms with Gasteiger partial charge in [0.1, 0.15) is 0 Å². The number of carbonyl (C=O) groups is 1. The Kier molecular flexibility index (Phi) is 5.33. The minimum Gasteiger partial charge on any atom is -0.493 e. The maximum Gasteiger partial charge on any atom is 0.323 e. The normalized spacial score (nSPS) is 13.0. The first-order chi connectivity index (χ1) is 14.2. The van der Waals surface area contributed by atoms with Crippen LogP contribution in [0.3, 0.4) is 0 Å². The van der Waals surface area contributed by atoms with Crippen molar-refractivity contribution in [2.45, 2.75) is 25.2 Å². The van der Waals surface area contributed by atoms with Crippen LogP contribution >= 0.6 is 0 Å². The monoisotopic (exact) mass is 394 g/mol. The minimum absolute atomic E-state index is 0.395. The highest BCUT2D eigenvalue weighted by molar-refractivity contribution is 6.01. The number of aromatic nitrogens is 2. The van der Waals surface area contributed by atoms with Gasteiger partial charge < -0.3 is 24.6 Å². The van der Waals surface area contributed by atoms with Crippen molar-refractivity contribution in [2.75, 3.05) is 24.9 Å². The molecule has 0 bridgehead atoms. The van der Waals surface area contributed by atoms with Gasteiger partial charge in [-0.15, -0.1) is 0 Å². The summed E-state index contributed by atoms with van der Waals surface area (Å²) >= 11 is 0. The van der Waals surface area contributed by atoms with Gasteiger partial charge in [0, 0.05) is 11.6 Å². The van der Waals surface area contributed by atoms with Gasteiger partial charge in [-0.2, -0.15) is 4.98 Å². The maximum absolute atomic E-state index is 12.6. The second-order valence-corrected chi connectivity index (χ2v) is 6.77. The van der Waals surface area contributed by atoms with E-state index in [1.54, 1.807) is 25.3 Å². The first-order valence-corrected chi connectivity index (χ1v) is 9.37. The fraction of sp³-hybridized carbons (Fsp3) is 0.286. The number of nitrogens with zero attached hydrogens (tertiary/aromatic N) is 2. The smallest absolute Gasteiger partial charge is 0.323 e. The van der Waals surface area contributed by atoms with Crippen LogP contribution in [-0.2, 0) is 6.42 Å². The Morgan fingerprint density at radius 1 is 1.07 bits per heavy atom. The van der Waals surface area contributed by atoms with E-state index in [-0.39, 0.29) is 0 Å². The lowest BCUT2D eigenvalue weighted by Gasteiger charge is -2.15. The minimum atomic E-state index is -0.395. The van der Waals surface area contributed by atoms with Crippen LogP contribution in [0.15, 0.2) is 47.0 Å². The number of urea groups is 1. The van der Waals surface area contributed by atoms with Crippen LogP contribution in [0.4, 0.5) is 16.2 Å². The summed E-state index contributed by atoms with van der Waals surface area (Å²) in [6.07, 6.45) is 2.68. The number of nitrogens with one attached hydrogen (secondary N) is 2. The van der Waals surface area contributed by atoms with Crippen LogP contribution in [-0.4, -0.2) is 30.4 Å². The average molecular weight is 394 g/mol. The number of benzene rings is 2. The quantitative estimate of drug-likeness (QED) is 0.623. The van der Waals surface area contributed by atoms with E-state index in [2.05, 4.69) is 20.8 Å². The molecule has 8 nitrogen and oxygen atoms in total. The molecule has 4 rings (SSSR count). The van der Waals surface area contributed by atoms with Crippen molar-refractivity contribution < 1.29 is 18.8 Å². The summed E-state index contributed by atoms with van der Waals surface area (Å²) in [5, 5.41) is 9.71. The third kappa shape index (κ3) is 4.31. The fourth-order valence-electron chi connectivity index (χ4n) is 3.07. The number of rotatable bonds is 7. The molecule has 0 aliphatic heterocycles. The molecule has 150 valence electrons. The molecule has 1 heterocycles. The zero-order valence-corrected chi connectivity index (χ0v) is 16.3. The second kappa shape index (κ2) is 8.22. The Morgan fingerprint density at radius 3 is 2.59 bits per heavy atom. The summed E-state index contributed by atoms with van der Waals surface area (Å²) in [7, 11) is 3.07. The molecule has 2 aromatic carbocycles. The molecule has 1 aliphatic carbocycles. The molecule has 29 heavy (non-hydrogen) atoms. The van der Waals surface area contributed by atoms with Crippen LogP contribution in [0.2, 0.25) is 0 Å². The van der Waals surface area contributed by atoms with Crippen LogP contribution in [0, 0.1) is 0 Å². The first-order valence-electron chi connectivity index (χ1n) is 9.37. The SMILES string of the molecule is COc1cccc(NC(=O)Nc2ccccc2Cc2nc(C3CC3)no2)c1OC. The van der Waals surface area contributed by atoms with Gasteiger partial charge in [0.15, 0.2) is 17.3 Å². The summed E-state index contributed by atoms with van der Waals surface area (Å²) in [5.41, 5.74) is 2.05. The molecule has 0 unspecified atom stereocenters. The zero-order valence-electron chi connectivity index (χ0n) is 16.3. The van der Waals surface area contributed by atoms with Crippen molar-refractivity contribution in [3.05, 3.63) is 59.7 Å². The van der Waals surface area contributed by atoms with Crippen molar-refractivity contribution in [1.82, 2.24) is 10.1 Å². The molecule has 1 aromatic heterocycles. The number of ether oxygens (including phenoxy) is 2. The van der Waals surface area contributed by atoms with Gasteiger partial charge in [0.25, 0.3) is 0 Å². The Morgan fingerprint density at radius 2 is 1.83 bits per heavy atom. The molecule has 0 radical (unpaired) electrons. The third-order valence-electron chi connectivity index (χ3n) is 4.68. The highest BCUT2D eigenvalue weighted by Crippen LogP contribution is 2.38. The second-order valence-electron chi connectivity index (χ2n) is 6.77. The number of hydrogen-bond donors (Lipinski definition) is 2.